The Morgan fingerprint density at radius 2 is 1.96 bits per heavy atom. The summed E-state index contributed by atoms with van der Waals surface area (Å²) in [5.74, 6) is 0.430. The first-order chi connectivity index (χ1) is 11.1. The molecule has 0 aromatic heterocycles. The van der Waals surface area contributed by atoms with Crippen LogP contribution in [0.1, 0.15) is 16.7 Å². The molecule has 120 valence electrons. The number of benzene rings is 2. The van der Waals surface area contributed by atoms with Gasteiger partial charge in [-0.25, -0.2) is 5.43 Å². The summed E-state index contributed by atoms with van der Waals surface area (Å²) in [6.45, 7) is 3.92. The molecule has 0 bridgehead atoms. The number of amides is 1. The zero-order valence-electron chi connectivity index (χ0n) is 13.5. The number of carbonyl (C=O) groups is 1. The second kappa shape index (κ2) is 8.39. The Morgan fingerprint density at radius 3 is 2.65 bits per heavy atom. The van der Waals surface area contributed by atoms with Crippen molar-refractivity contribution in [2.75, 3.05) is 12.9 Å². The molecule has 0 radical (unpaired) electrons. The van der Waals surface area contributed by atoms with Crippen molar-refractivity contribution in [2.45, 2.75) is 18.7 Å². The molecule has 0 aliphatic carbocycles. The van der Waals surface area contributed by atoms with Crippen LogP contribution in [-0.4, -0.2) is 25.0 Å². The minimum Gasteiger partial charge on any atom is -0.483 e. The highest BCUT2D eigenvalue weighted by atomic mass is 32.2. The van der Waals surface area contributed by atoms with Crippen LogP contribution in [0.4, 0.5) is 0 Å². The van der Waals surface area contributed by atoms with Gasteiger partial charge in [0, 0.05) is 4.90 Å². The molecule has 0 fully saturated rings. The van der Waals surface area contributed by atoms with Gasteiger partial charge in [0.1, 0.15) is 5.75 Å². The minimum absolute atomic E-state index is 0.0625. The summed E-state index contributed by atoms with van der Waals surface area (Å²) in [6.07, 6.45) is 3.64. The van der Waals surface area contributed by atoms with Crippen molar-refractivity contribution in [3.63, 3.8) is 0 Å². The Morgan fingerprint density at radius 1 is 1.22 bits per heavy atom. The lowest BCUT2D eigenvalue weighted by Gasteiger charge is -2.09. The van der Waals surface area contributed by atoms with Gasteiger partial charge in [-0.05, 0) is 55.0 Å². The first-order valence-electron chi connectivity index (χ1n) is 7.25. The van der Waals surface area contributed by atoms with Crippen molar-refractivity contribution in [3.05, 3.63) is 59.2 Å². The van der Waals surface area contributed by atoms with Gasteiger partial charge in [0.05, 0.1) is 6.21 Å². The molecule has 2 aromatic rings. The smallest absolute Gasteiger partial charge is 0.277 e. The zero-order valence-corrected chi connectivity index (χ0v) is 14.3. The van der Waals surface area contributed by atoms with Crippen molar-refractivity contribution < 1.29 is 9.53 Å². The van der Waals surface area contributed by atoms with Gasteiger partial charge in [-0.2, -0.15) is 5.10 Å². The van der Waals surface area contributed by atoms with E-state index < -0.39 is 0 Å². The Balaban J connectivity index is 1.82. The van der Waals surface area contributed by atoms with Gasteiger partial charge in [0.25, 0.3) is 5.91 Å². The molecule has 0 aliphatic rings. The molecule has 23 heavy (non-hydrogen) atoms. The van der Waals surface area contributed by atoms with E-state index in [0.717, 1.165) is 22.4 Å². The third-order valence-corrected chi connectivity index (χ3v) is 4.18. The fourth-order valence-electron chi connectivity index (χ4n) is 1.92. The maximum atomic E-state index is 11.8. The van der Waals surface area contributed by atoms with Crippen LogP contribution in [-0.2, 0) is 4.79 Å². The molecule has 2 aromatic carbocycles. The summed E-state index contributed by atoms with van der Waals surface area (Å²) < 4.78 is 5.52. The quantitative estimate of drug-likeness (QED) is 0.501. The molecule has 2 rings (SSSR count). The standard InChI is InChI=1S/C18H20N2O2S/c1-13-5-4-6-17(14(13)2)22-12-18(21)20-19-11-15-7-9-16(23-3)10-8-15/h4-11H,12H2,1-3H3,(H,20,21)/b19-11+. The van der Waals surface area contributed by atoms with Crippen LogP contribution in [0, 0.1) is 13.8 Å². The molecule has 0 aliphatic heterocycles. The molecule has 1 amide bonds. The summed E-state index contributed by atoms with van der Waals surface area (Å²) in [6, 6.07) is 13.7. The van der Waals surface area contributed by atoms with Crippen molar-refractivity contribution >= 4 is 23.9 Å². The first-order valence-corrected chi connectivity index (χ1v) is 8.47. The van der Waals surface area contributed by atoms with E-state index in [1.165, 1.54) is 4.90 Å². The average Bonchev–Trinajstić information content (AvgIpc) is 2.57. The van der Waals surface area contributed by atoms with Gasteiger partial charge in [0.2, 0.25) is 0 Å². The van der Waals surface area contributed by atoms with Crippen LogP contribution in [0.3, 0.4) is 0 Å². The zero-order chi connectivity index (χ0) is 16.7. The summed E-state index contributed by atoms with van der Waals surface area (Å²) in [4.78, 5) is 12.9. The Kier molecular flexibility index (Phi) is 6.23. The minimum atomic E-state index is -0.289. The Hall–Kier alpha value is -2.27. The predicted molar refractivity (Wildman–Crippen MR) is 95.4 cm³/mol. The molecule has 0 saturated carbocycles. The molecule has 0 heterocycles. The number of hydrazone groups is 1. The number of hydrogen-bond acceptors (Lipinski definition) is 4. The van der Waals surface area contributed by atoms with Gasteiger partial charge in [-0.3, -0.25) is 4.79 Å². The van der Waals surface area contributed by atoms with Crippen LogP contribution in [0.5, 0.6) is 5.75 Å². The van der Waals surface area contributed by atoms with E-state index >= 15 is 0 Å². The van der Waals surface area contributed by atoms with E-state index in [0.29, 0.717) is 0 Å². The van der Waals surface area contributed by atoms with E-state index in [9.17, 15) is 4.79 Å². The van der Waals surface area contributed by atoms with Crippen molar-refractivity contribution in [3.8, 4) is 5.75 Å². The number of ether oxygens (including phenoxy) is 1. The lowest BCUT2D eigenvalue weighted by molar-refractivity contribution is -0.123. The highest BCUT2D eigenvalue weighted by molar-refractivity contribution is 7.98. The van der Waals surface area contributed by atoms with Gasteiger partial charge in [-0.15, -0.1) is 11.8 Å². The molecule has 0 saturated heterocycles. The number of thioether (sulfide) groups is 1. The molecule has 1 N–H and O–H groups in total. The lowest BCUT2D eigenvalue weighted by Crippen LogP contribution is -2.24. The number of nitrogens with zero attached hydrogens (tertiary/aromatic N) is 1. The number of carbonyl (C=O) groups excluding carboxylic acids is 1. The van der Waals surface area contributed by atoms with Crippen LogP contribution in [0.2, 0.25) is 0 Å². The number of aryl methyl sites for hydroxylation is 1. The first kappa shape index (κ1) is 17.1. The summed E-state index contributed by atoms with van der Waals surface area (Å²) in [5, 5.41) is 3.94. The monoisotopic (exact) mass is 328 g/mol. The van der Waals surface area contributed by atoms with Crippen molar-refractivity contribution in [2.24, 2.45) is 5.10 Å². The second-order valence-electron chi connectivity index (χ2n) is 5.05. The van der Waals surface area contributed by atoms with Gasteiger partial charge in [0.15, 0.2) is 6.61 Å². The van der Waals surface area contributed by atoms with E-state index in [2.05, 4.69) is 10.5 Å². The van der Waals surface area contributed by atoms with Gasteiger partial charge in [-0.1, -0.05) is 24.3 Å². The van der Waals surface area contributed by atoms with Crippen LogP contribution in [0.15, 0.2) is 52.5 Å². The molecular formula is C18H20N2O2S. The average molecular weight is 328 g/mol. The number of rotatable bonds is 6. The van der Waals surface area contributed by atoms with Crippen LogP contribution in [0.25, 0.3) is 0 Å². The number of hydrogen-bond donors (Lipinski definition) is 1. The molecule has 0 spiro atoms. The largest absolute Gasteiger partial charge is 0.483 e. The second-order valence-corrected chi connectivity index (χ2v) is 5.93. The maximum absolute atomic E-state index is 11.8. The van der Waals surface area contributed by atoms with Gasteiger partial charge >= 0.3 is 0 Å². The fraction of sp³-hybridized carbons (Fsp3) is 0.222. The normalized spacial score (nSPS) is 10.7. The Bertz CT molecular complexity index is 697. The molecule has 4 nitrogen and oxygen atoms in total. The van der Waals surface area contributed by atoms with E-state index in [-0.39, 0.29) is 12.5 Å². The van der Waals surface area contributed by atoms with Crippen molar-refractivity contribution in [1.29, 1.82) is 0 Å². The molecule has 5 heteroatoms. The van der Waals surface area contributed by atoms with E-state index in [1.807, 2.05) is 62.6 Å². The topological polar surface area (TPSA) is 50.7 Å². The van der Waals surface area contributed by atoms with Crippen molar-refractivity contribution in [1.82, 2.24) is 5.43 Å². The van der Waals surface area contributed by atoms with E-state index in [4.69, 9.17) is 4.74 Å². The molecule has 0 atom stereocenters. The molecule has 0 unspecified atom stereocenters. The summed E-state index contributed by atoms with van der Waals surface area (Å²) in [7, 11) is 0. The highest BCUT2D eigenvalue weighted by Crippen LogP contribution is 2.20. The SMILES string of the molecule is CSc1ccc(/C=N/NC(=O)COc2cccc(C)c2C)cc1. The van der Waals surface area contributed by atoms with Gasteiger partial charge < -0.3 is 4.74 Å². The summed E-state index contributed by atoms with van der Waals surface area (Å²) >= 11 is 1.68. The highest BCUT2D eigenvalue weighted by Gasteiger charge is 2.05. The Labute approximate surface area is 140 Å². The third kappa shape index (κ3) is 5.14. The number of nitrogens with one attached hydrogen (secondary N) is 1. The summed E-state index contributed by atoms with van der Waals surface area (Å²) in [5.41, 5.74) is 5.57. The van der Waals surface area contributed by atoms with Crippen LogP contribution >= 0.6 is 11.8 Å². The maximum Gasteiger partial charge on any atom is 0.277 e. The predicted octanol–water partition coefficient (Wildman–Crippen LogP) is 3.55. The van der Waals surface area contributed by atoms with E-state index in [1.54, 1.807) is 18.0 Å². The third-order valence-electron chi connectivity index (χ3n) is 3.43. The fourth-order valence-corrected chi connectivity index (χ4v) is 2.33. The molecular weight excluding hydrogens is 308 g/mol. The van der Waals surface area contributed by atoms with Crippen LogP contribution < -0.4 is 10.2 Å². The lowest BCUT2D eigenvalue weighted by atomic mass is 10.1.